The van der Waals surface area contributed by atoms with Crippen molar-refractivity contribution in [2.24, 2.45) is 0 Å². The zero-order valence-corrected chi connectivity index (χ0v) is 16.5. The van der Waals surface area contributed by atoms with Crippen LogP contribution in [0.15, 0.2) is 66.9 Å². The molecule has 1 atom stereocenters. The van der Waals surface area contributed by atoms with Crippen LogP contribution in [0.1, 0.15) is 34.5 Å². The summed E-state index contributed by atoms with van der Waals surface area (Å²) in [7, 11) is 0. The van der Waals surface area contributed by atoms with Crippen molar-refractivity contribution >= 4 is 29.0 Å². The molecule has 3 aromatic rings. The van der Waals surface area contributed by atoms with Gasteiger partial charge in [-0.15, -0.1) is 0 Å². The second kappa shape index (κ2) is 8.34. The van der Waals surface area contributed by atoms with E-state index >= 15 is 0 Å². The number of aromatic nitrogens is 1. The zero-order valence-electron chi connectivity index (χ0n) is 16.5. The van der Waals surface area contributed by atoms with Gasteiger partial charge < -0.3 is 20.6 Å². The Hall–Kier alpha value is -3.71. The van der Waals surface area contributed by atoms with Gasteiger partial charge >= 0.3 is 0 Å². The fourth-order valence-corrected chi connectivity index (χ4v) is 3.33. The fourth-order valence-electron chi connectivity index (χ4n) is 3.33. The van der Waals surface area contributed by atoms with Crippen LogP contribution in [0.25, 0.3) is 0 Å². The lowest BCUT2D eigenvalue weighted by molar-refractivity contribution is -0.117. The largest absolute Gasteiger partial charge is 0.389 e. The fraction of sp³-hybridized carbons (Fsp3) is 0.174. The Morgan fingerprint density at radius 2 is 2.00 bits per heavy atom. The van der Waals surface area contributed by atoms with E-state index in [-0.39, 0.29) is 18.4 Å². The van der Waals surface area contributed by atoms with E-state index in [1.807, 2.05) is 30.3 Å². The summed E-state index contributed by atoms with van der Waals surface area (Å²) in [5.41, 5.74) is 3.18. The van der Waals surface area contributed by atoms with Crippen LogP contribution in [0, 0.1) is 0 Å². The molecule has 3 N–H and O–H groups in total. The van der Waals surface area contributed by atoms with Crippen molar-refractivity contribution in [3.8, 4) is 0 Å². The van der Waals surface area contributed by atoms with Crippen molar-refractivity contribution in [3.05, 3.63) is 83.6 Å². The van der Waals surface area contributed by atoms with Gasteiger partial charge in [-0.05, 0) is 36.2 Å². The summed E-state index contributed by atoms with van der Waals surface area (Å²) in [6, 6.07) is 18.4. The number of pyridine rings is 1. The predicted molar refractivity (Wildman–Crippen MR) is 115 cm³/mol. The number of nitrogens with one attached hydrogen (secondary N) is 2. The van der Waals surface area contributed by atoms with Gasteiger partial charge in [-0.1, -0.05) is 42.5 Å². The number of benzene rings is 2. The summed E-state index contributed by atoms with van der Waals surface area (Å²) >= 11 is 0. The number of aliphatic hydroxyl groups excluding tert-OH is 1. The van der Waals surface area contributed by atoms with Crippen molar-refractivity contribution < 1.29 is 14.7 Å². The summed E-state index contributed by atoms with van der Waals surface area (Å²) in [5, 5.41) is 15.6. The Balaban J connectivity index is 1.59. The van der Waals surface area contributed by atoms with Crippen LogP contribution in [0.5, 0.6) is 0 Å². The number of hydrogen-bond acceptors (Lipinski definition) is 5. The molecule has 4 rings (SSSR count). The quantitative estimate of drug-likeness (QED) is 0.608. The van der Waals surface area contributed by atoms with E-state index in [2.05, 4.69) is 15.6 Å². The minimum Gasteiger partial charge on any atom is -0.389 e. The smallest absolute Gasteiger partial charge is 0.257 e. The predicted octanol–water partition coefficient (Wildman–Crippen LogP) is 3.35. The molecule has 1 unspecified atom stereocenters. The number of rotatable bonds is 5. The van der Waals surface area contributed by atoms with Crippen LogP contribution in [-0.2, 0) is 11.3 Å². The molecule has 0 fully saturated rings. The number of carbonyl (C=O) groups excluding carboxylic acids is 2. The summed E-state index contributed by atoms with van der Waals surface area (Å²) < 4.78 is 0. The summed E-state index contributed by atoms with van der Waals surface area (Å²) in [4.78, 5) is 31.3. The molecule has 1 aliphatic rings. The van der Waals surface area contributed by atoms with Crippen LogP contribution in [-0.4, -0.2) is 28.4 Å². The molecular weight excluding hydrogens is 380 g/mol. The molecule has 1 aromatic heterocycles. The van der Waals surface area contributed by atoms with Gasteiger partial charge in [0.2, 0.25) is 5.91 Å². The van der Waals surface area contributed by atoms with Crippen molar-refractivity contribution in [1.29, 1.82) is 0 Å². The second-order valence-electron chi connectivity index (χ2n) is 7.17. The highest BCUT2D eigenvalue weighted by Crippen LogP contribution is 2.30. The minimum absolute atomic E-state index is 0.0876. The topological polar surface area (TPSA) is 94.6 Å². The van der Waals surface area contributed by atoms with Gasteiger partial charge in [-0.25, -0.2) is 4.98 Å². The van der Waals surface area contributed by atoms with E-state index in [9.17, 15) is 14.7 Å². The molecule has 7 heteroatoms. The van der Waals surface area contributed by atoms with Crippen LogP contribution < -0.4 is 15.5 Å². The lowest BCUT2D eigenvalue weighted by Gasteiger charge is -2.29. The van der Waals surface area contributed by atoms with Crippen LogP contribution in [0.4, 0.5) is 17.2 Å². The first-order valence-corrected chi connectivity index (χ1v) is 9.69. The number of anilines is 3. The molecule has 1 aliphatic heterocycles. The Bertz CT molecular complexity index is 1080. The maximum Gasteiger partial charge on any atom is 0.257 e. The highest BCUT2D eigenvalue weighted by molar-refractivity contribution is 6.07. The van der Waals surface area contributed by atoms with Crippen molar-refractivity contribution in [2.75, 3.05) is 22.1 Å². The van der Waals surface area contributed by atoms with Gasteiger partial charge in [0.25, 0.3) is 5.91 Å². The SMILES string of the molecule is CC(O)c1cccc(NC(=O)c2cnc3c(c2)N(Cc2ccccc2)C(=O)CN3)c1. The van der Waals surface area contributed by atoms with Gasteiger partial charge in [0, 0.05) is 11.9 Å². The lowest BCUT2D eigenvalue weighted by atomic mass is 10.1. The summed E-state index contributed by atoms with van der Waals surface area (Å²) in [6.45, 7) is 2.22. The van der Waals surface area contributed by atoms with Crippen LogP contribution in [0.3, 0.4) is 0 Å². The zero-order chi connectivity index (χ0) is 21.1. The Labute approximate surface area is 174 Å². The number of aliphatic hydroxyl groups is 1. The number of amides is 2. The molecule has 0 radical (unpaired) electrons. The molecule has 2 aromatic carbocycles. The van der Waals surface area contributed by atoms with E-state index in [4.69, 9.17) is 0 Å². The van der Waals surface area contributed by atoms with Gasteiger partial charge in [-0.2, -0.15) is 0 Å². The third-order valence-electron chi connectivity index (χ3n) is 4.94. The molecule has 0 saturated carbocycles. The Kier molecular flexibility index (Phi) is 5.45. The highest BCUT2D eigenvalue weighted by Gasteiger charge is 2.26. The van der Waals surface area contributed by atoms with E-state index in [1.165, 1.54) is 6.20 Å². The van der Waals surface area contributed by atoms with Crippen LogP contribution in [0.2, 0.25) is 0 Å². The second-order valence-corrected chi connectivity index (χ2v) is 7.17. The highest BCUT2D eigenvalue weighted by atomic mass is 16.3. The van der Waals surface area contributed by atoms with Gasteiger partial charge in [0.1, 0.15) is 0 Å². The van der Waals surface area contributed by atoms with Crippen molar-refractivity contribution in [3.63, 3.8) is 0 Å². The third kappa shape index (κ3) is 4.16. The first-order valence-electron chi connectivity index (χ1n) is 9.69. The van der Waals surface area contributed by atoms with Gasteiger partial charge in [-0.3, -0.25) is 9.59 Å². The number of carbonyl (C=O) groups is 2. The van der Waals surface area contributed by atoms with Crippen molar-refractivity contribution in [2.45, 2.75) is 19.6 Å². The Morgan fingerprint density at radius 3 is 2.77 bits per heavy atom. The normalized spacial score (nSPS) is 13.9. The maximum absolute atomic E-state index is 12.8. The summed E-state index contributed by atoms with van der Waals surface area (Å²) in [5.74, 6) is 0.138. The molecule has 7 nitrogen and oxygen atoms in total. The maximum atomic E-state index is 12.8. The summed E-state index contributed by atoms with van der Waals surface area (Å²) in [6.07, 6.45) is 0.854. The van der Waals surface area contributed by atoms with E-state index in [0.717, 1.165) is 5.56 Å². The number of hydrogen-bond donors (Lipinski definition) is 3. The Morgan fingerprint density at radius 1 is 1.20 bits per heavy atom. The molecule has 0 aliphatic carbocycles. The molecule has 2 amide bonds. The molecule has 0 spiro atoms. The number of nitrogens with zero attached hydrogens (tertiary/aromatic N) is 2. The third-order valence-corrected chi connectivity index (χ3v) is 4.94. The van der Waals surface area contributed by atoms with Crippen LogP contribution >= 0.6 is 0 Å². The standard InChI is InChI=1S/C23H22N4O3/c1-15(28)17-8-5-9-19(10-17)26-23(30)18-11-20-22(24-12-18)25-13-21(29)27(20)14-16-6-3-2-4-7-16/h2-12,15,28H,13-14H2,1H3,(H,24,25)(H,26,30). The average molecular weight is 402 g/mol. The monoisotopic (exact) mass is 402 g/mol. The average Bonchev–Trinajstić information content (AvgIpc) is 2.76. The molecule has 2 heterocycles. The lowest BCUT2D eigenvalue weighted by Crippen LogP contribution is -2.40. The van der Waals surface area contributed by atoms with E-state index in [1.54, 1.807) is 42.2 Å². The minimum atomic E-state index is -0.629. The molecule has 152 valence electrons. The first-order chi connectivity index (χ1) is 14.5. The van der Waals surface area contributed by atoms with Crippen molar-refractivity contribution in [1.82, 2.24) is 4.98 Å². The van der Waals surface area contributed by atoms with E-state index < -0.39 is 6.10 Å². The molecule has 30 heavy (non-hydrogen) atoms. The number of fused-ring (bicyclic) bond motifs is 1. The first kappa shape index (κ1) is 19.6. The molecule has 0 saturated heterocycles. The molecular formula is C23H22N4O3. The molecule has 0 bridgehead atoms. The van der Waals surface area contributed by atoms with Gasteiger partial charge in [0.15, 0.2) is 5.82 Å². The van der Waals surface area contributed by atoms with Gasteiger partial charge in [0.05, 0.1) is 30.4 Å². The van der Waals surface area contributed by atoms with E-state index in [0.29, 0.717) is 34.9 Å².